The molecule has 1 nitrogen and oxygen atoms in total. The fourth-order valence-corrected chi connectivity index (χ4v) is 3.40. The maximum Gasteiger partial charge on any atom is 0.127 e. The van der Waals surface area contributed by atoms with Gasteiger partial charge >= 0.3 is 0 Å². The monoisotopic (exact) mass is 323 g/mol. The van der Waals surface area contributed by atoms with Crippen molar-refractivity contribution < 1.29 is 4.39 Å². The molecule has 0 aliphatic carbocycles. The molecule has 0 radical (unpaired) electrons. The van der Waals surface area contributed by atoms with Crippen LogP contribution in [-0.4, -0.2) is 0 Å². The Kier molecular flexibility index (Phi) is 4.51. The third-order valence-electron chi connectivity index (χ3n) is 2.54. The average Bonchev–Trinajstić information content (AvgIpc) is 2.62. The van der Waals surface area contributed by atoms with E-state index >= 15 is 0 Å². The molecule has 6 heteroatoms. The van der Waals surface area contributed by atoms with Gasteiger partial charge in [-0.3, -0.25) is 0 Å². The molecule has 0 aliphatic rings. The van der Waals surface area contributed by atoms with Gasteiger partial charge in [0.15, 0.2) is 0 Å². The van der Waals surface area contributed by atoms with E-state index in [0.717, 1.165) is 5.56 Å². The van der Waals surface area contributed by atoms with Crippen LogP contribution < -0.4 is 5.73 Å². The molecule has 0 aliphatic heterocycles. The average molecular weight is 325 g/mol. The van der Waals surface area contributed by atoms with Crippen molar-refractivity contribution in [3.63, 3.8) is 0 Å². The molecule has 2 aromatic rings. The minimum Gasteiger partial charge on any atom is -0.324 e. The molecular weight excluding hydrogens is 316 g/mol. The SMILES string of the molecule is NC(Cc1ccc(Cl)cc1F)c1cc(Cl)sc1Cl. The van der Waals surface area contributed by atoms with Crippen LogP contribution in [0.4, 0.5) is 4.39 Å². The second-order valence-corrected chi connectivity index (χ2v) is 6.55. The highest BCUT2D eigenvalue weighted by Gasteiger charge is 2.16. The summed E-state index contributed by atoms with van der Waals surface area (Å²) in [6.07, 6.45) is 0.343. The number of hydrogen-bond donors (Lipinski definition) is 1. The molecule has 0 saturated carbocycles. The molecule has 0 fully saturated rings. The van der Waals surface area contributed by atoms with Crippen molar-refractivity contribution in [3.05, 3.63) is 54.9 Å². The van der Waals surface area contributed by atoms with Gasteiger partial charge < -0.3 is 5.73 Å². The summed E-state index contributed by atoms with van der Waals surface area (Å²) in [5, 5.41) is 0.362. The zero-order valence-corrected chi connectivity index (χ0v) is 12.2. The fourth-order valence-electron chi connectivity index (χ4n) is 1.64. The third kappa shape index (κ3) is 3.16. The van der Waals surface area contributed by atoms with Crippen LogP contribution in [0.3, 0.4) is 0 Å². The number of thiophene rings is 1. The van der Waals surface area contributed by atoms with Gasteiger partial charge in [0.2, 0.25) is 0 Å². The van der Waals surface area contributed by atoms with Crippen molar-refractivity contribution in [1.82, 2.24) is 0 Å². The summed E-state index contributed by atoms with van der Waals surface area (Å²) < 4.78 is 14.8. The Morgan fingerprint density at radius 2 is 1.94 bits per heavy atom. The smallest absolute Gasteiger partial charge is 0.127 e. The maximum atomic E-state index is 13.6. The molecule has 1 atom stereocenters. The molecule has 2 rings (SSSR count). The second-order valence-electron chi connectivity index (χ2n) is 3.83. The van der Waals surface area contributed by atoms with E-state index in [4.69, 9.17) is 40.5 Å². The molecular formula is C12H9Cl3FNS. The fraction of sp³-hybridized carbons (Fsp3) is 0.167. The van der Waals surface area contributed by atoms with Crippen LogP contribution in [0.15, 0.2) is 24.3 Å². The molecule has 2 N–H and O–H groups in total. The highest BCUT2D eigenvalue weighted by Crippen LogP contribution is 2.35. The van der Waals surface area contributed by atoms with Gasteiger partial charge in [-0.15, -0.1) is 11.3 Å². The van der Waals surface area contributed by atoms with E-state index in [9.17, 15) is 4.39 Å². The zero-order valence-electron chi connectivity index (χ0n) is 9.09. The quantitative estimate of drug-likeness (QED) is 0.836. The first kappa shape index (κ1) is 14.1. The summed E-state index contributed by atoms with van der Waals surface area (Å²) in [6, 6.07) is 5.85. The number of hydrogen-bond acceptors (Lipinski definition) is 2. The Labute approximate surface area is 123 Å². The second kappa shape index (κ2) is 5.76. The van der Waals surface area contributed by atoms with E-state index < -0.39 is 6.04 Å². The Bertz CT molecular complexity index is 570. The van der Waals surface area contributed by atoms with Crippen molar-refractivity contribution in [2.75, 3.05) is 0 Å². The van der Waals surface area contributed by atoms with Crippen molar-refractivity contribution in [1.29, 1.82) is 0 Å². The van der Waals surface area contributed by atoms with Gasteiger partial charge in [-0.2, -0.15) is 0 Å². The van der Waals surface area contributed by atoms with Crippen LogP contribution in [-0.2, 0) is 6.42 Å². The van der Waals surface area contributed by atoms with E-state index in [1.807, 2.05) is 0 Å². The first-order valence-corrected chi connectivity index (χ1v) is 7.06. The third-order valence-corrected chi connectivity index (χ3v) is 4.29. The van der Waals surface area contributed by atoms with E-state index in [-0.39, 0.29) is 5.82 Å². The van der Waals surface area contributed by atoms with E-state index in [1.54, 1.807) is 18.2 Å². The predicted octanol–water partition coefficient (Wildman–Crippen LogP) is 5.09. The standard InChI is InChI=1S/C12H9Cl3FNS/c13-7-2-1-6(9(16)4-7)3-10(17)8-5-11(14)18-12(8)15/h1-2,4-5,10H,3,17H2. The highest BCUT2D eigenvalue weighted by atomic mass is 35.5. The van der Waals surface area contributed by atoms with E-state index in [1.165, 1.54) is 17.4 Å². The lowest BCUT2D eigenvalue weighted by Crippen LogP contribution is -2.13. The number of halogens is 4. The van der Waals surface area contributed by atoms with Crippen LogP contribution in [0.25, 0.3) is 0 Å². The Hall–Kier alpha value is -0.320. The van der Waals surface area contributed by atoms with Gasteiger partial charge in [0.25, 0.3) is 0 Å². The maximum absolute atomic E-state index is 13.6. The van der Waals surface area contributed by atoms with Gasteiger partial charge in [0.1, 0.15) is 5.82 Å². The van der Waals surface area contributed by atoms with Gasteiger partial charge in [-0.25, -0.2) is 4.39 Å². The molecule has 0 spiro atoms. The normalized spacial score (nSPS) is 12.7. The largest absolute Gasteiger partial charge is 0.324 e. The summed E-state index contributed by atoms with van der Waals surface area (Å²) in [5.41, 5.74) is 7.25. The lowest BCUT2D eigenvalue weighted by molar-refractivity contribution is 0.594. The molecule has 1 unspecified atom stereocenters. The minimum absolute atomic E-state index is 0.343. The molecule has 0 bridgehead atoms. The molecule has 1 aromatic heterocycles. The summed E-state index contributed by atoms with van der Waals surface area (Å²) >= 11 is 18.8. The van der Waals surface area contributed by atoms with E-state index in [2.05, 4.69) is 0 Å². The molecule has 1 aromatic carbocycles. The van der Waals surface area contributed by atoms with Gasteiger partial charge in [-0.05, 0) is 30.2 Å². The van der Waals surface area contributed by atoms with Crippen LogP contribution in [0, 0.1) is 5.82 Å². The zero-order chi connectivity index (χ0) is 13.3. The summed E-state index contributed by atoms with van der Waals surface area (Å²) in [7, 11) is 0. The lowest BCUT2D eigenvalue weighted by atomic mass is 10.0. The minimum atomic E-state index is -0.392. The predicted molar refractivity (Wildman–Crippen MR) is 76.4 cm³/mol. The Morgan fingerprint density at radius 3 is 2.50 bits per heavy atom. The lowest BCUT2D eigenvalue weighted by Gasteiger charge is -2.11. The van der Waals surface area contributed by atoms with Crippen molar-refractivity contribution in [2.45, 2.75) is 12.5 Å². The van der Waals surface area contributed by atoms with Crippen LogP contribution >= 0.6 is 46.1 Å². The number of nitrogens with two attached hydrogens (primary N) is 1. The first-order chi connectivity index (χ1) is 8.47. The number of rotatable bonds is 3. The van der Waals surface area contributed by atoms with Crippen molar-refractivity contribution in [2.24, 2.45) is 5.73 Å². The van der Waals surface area contributed by atoms with Crippen molar-refractivity contribution >= 4 is 46.1 Å². The van der Waals surface area contributed by atoms with Crippen LogP contribution in [0.1, 0.15) is 17.2 Å². The molecule has 96 valence electrons. The van der Waals surface area contributed by atoms with E-state index in [0.29, 0.717) is 25.7 Å². The van der Waals surface area contributed by atoms with Gasteiger partial charge in [0.05, 0.1) is 8.67 Å². The molecule has 1 heterocycles. The number of benzene rings is 1. The topological polar surface area (TPSA) is 26.0 Å². The van der Waals surface area contributed by atoms with Gasteiger partial charge in [-0.1, -0.05) is 40.9 Å². The Morgan fingerprint density at radius 1 is 1.22 bits per heavy atom. The first-order valence-electron chi connectivity index (χ1n) is 5.11. The van der Waals surface area contributed by atoms with Gasteiger partial charge in [0, 0.05) is 16.6 Å². The van der Waals surface area contributed by atoms with Crippen LogP contribution in [0.2, 0.25) is 13.7 Å². The summed E-state index contributed by atoms with van der Waals surface area (Å²) in [5.74, 6) is -0.365. The molecule has 0 amide bonds. The van der Waals surface area contributed by atoms with Crippen LogP contribution in [0.5, 0.6) is 0 Å². The van der Waals surface area contributed by atoms with Crippen molar-refractivity contribution in [3.8, 4) is 0 Å². The summed E-state index contributed by atoms with van der Waals surface area (Å²) in [6.45, 7) is 0. The highest BCUT2D eigenvalue weighted by molar-refractivity contribution is 7.20. The molecule has 18 heavy (non-hydrogen) atoms. The Balaban J connectivity index is 2.21. The summed E-state index contributed by atoms with van der Waals surface area (Å²) in [4.78, 5) is 0. The molecule has 0 saturated heterocycles.